The molecule has 0 fully saturated rings. The molecule has 0 amide bonds. The van der Waals surface area contributed by atoms with Crippen molar-refractivity contribution in [1.82, 2.24) is 9.97 Å². The first-order valence-corrected chi connectivity index (χ1v) is 5.42. The van der Waals surface area contributed by atoms with Crippen LogP contribution in [0.25, 0.3) is 0 Å². The number of nitrogen functional groups attached to an aromatic ring is 1. The van der Waals surface area contributed by atoms with Gasteiger partial charge < -0.3 is 10.6 Å². The van der Waals surface area contributed by atoms with E-state index in [2.05, 4.69) is 35.8 Å². The monoisotopic (exact) mass is 208 g/mol. The van der Waals surface area contributed by atoms with E-state index >= 15 is 0 Å². The predicted octanol–water partition coefficient (Wildman–Crippen LogP) is 1.99. The summed E-state index contributed by atoms with van der Waals surface area (Å²) in [5.74, 6) is 1.26. The molecule has 4 nitrogen and oxygen atoms in total. The van der Waals surface area contributed by atoms with Gasteiger partial charge in [-0.2, -0.15) is 4.98 Å². The third-order valence-corrected chi connectivity index (χ3v) is 2.71. The van der Waals surface area contributed by atoms with Crippen molar-refractivity contribution in [2.75, 3.05) is 17.7 Å². The van der Waals surface area contributed by atoms with Gasteiger partial charge in [-0.3, -0.25) is 0 Å². The van der Waals surface area contributed by atoms with Gasteiger partial charge in [-0.15, -0.1) is 0 Å². The van der Waals surface area contributed by atoms with E-state index < -0.39 is 0 Å². The summed E-state index contributed by atoms with van der Waals surface area (Å²) in [6.07, 6.45) is 2.21. The van der Waals surface area contributed by atoms with Crippen molar-refractivity contribution in [2.24, 2.45) is 0 Å². The first-order valence-electron chi connectivity index (χ1n) is 5.42. The second kappa shape index (κ2) is 4.96. The number of nitrogens with two attached hydrogens (primary N) is 1. The Kier molecular flexibility index (Phi) is 3.88. The Labute approximate surface area is 91.5 Å². The van der Waals surface area contributed by atoms with Gasteiger partial charge in [0, 0.05) is 24.8 Å². The van der Waals surface area contributed by atoms with Crippen LogP contribution in [0.5, 0.6) is 0 Å². The van der Waals surface area contributed by atoms with Gasteiger partial charge in [0.25, 0.3) is 0 Å². The molecular formula is C11H20N4. The molecule has 0 bridgehead atoms. The second-order valence-electron chi connectivity index (χ2n) is 3.81. The molecule has 0 saturated heterocycles. The largest absolute Gasteiger partial charge is 0.368 e. The lowest BCUT2D eigenvalue weighted by atomic mass is 10.1. The lowest BCUT2D eigenvalue weighted by Crippen LogP contribution is -2.31. The minimum atomic E-state index is 0.350. The molecule has 0 unspecified atom stereocenters. The number of anilines is 2. The van der Waals surface area contributed by atoms with Crippen LogP contribution in [0.2, 0.25) is 0 Å². The third kappa shape index (κ3) is 2.81. The van der Waals surface area contributed by atoms with Crippen molar-refractivity contribution in [3.05, 3.63) is 11.8 Å². The fourth-order valence-corrected chi connectivity index (χ4v) is 1.78. The topological polar surface area (TPSA) is 55.0 Å². The highest BCUT2D eigenvalue weighted by molar-refractivity contribution is 5.43. The normalized spacial score (nSPS) is 10.7. The van der Waals surface area contributed by atoms with Gasteiger partial charge >= 0.3 is 0 Å². The van der Waals surface area contributed by atoms with Crippen molar-refractivity contribution in [2.45, 2.75) is 39.7 Å². The van der Waals surface area contributed by atoms with Gasteiger partial charge in [0.1, 0.15) is 5.82 Å². The predicted molar refractivity (Wildman–Crippen MR) is 64.0 cm³/mol. The molecule has 0 saturated carbocycles. The Morgan fingerprint density at radius 2 is 1.93 bits per heavy atom. The average molecular weight is 208 g/mol. The Morgan fingerprint density at radius 1 is 1.33 bits per heavy atom. The van der Waals surface area contributed by atoms with Gasteiger partial charge in [0.15, 0.2) is 0 Å². The SMILES string of the molecule is CCC(CC)N(C)c1cc(C)nc(N)n1. The van der Waals surface area contributed by atoms with E-state index in [9.17, 15) is 0 Å². The quantitative estimate of drug-likeness (QED) is 0.822. The first-order chi connectivity index (χ1) is 7.08. The van der Waals surface area contributed by atoms with E-state index in [0.29, 0.717) is 12.0 Å². The molecule has 0 aliphatic carbocycles. The Hall–Kier alpha value is -1.32. The van der Waals surface area contributed by atoms with E-state index in [4.69, 9.17) is 5.73 Å². The Balaban J connectivity index is 2.94. The molecule has 4 heteroatoms. The molecule has 0 aromatic carbocycles. The number of rotatable bonds is 4. The van der Waals surface area contributed by atoms with Gasteiger partial charge in [-0.25, -0.2) is 4.98 Å². The van der Waals surface area contributed by atoms with E-state index in [1.165, 1.54) is 0 Å². The molecule has 0 aliphatic rings. The molecule has 2 N–H and O–H groups in total. The molecule has 1 heterocycles. The van der Waals surface area contributed by atoms with Crippen molar-refractivity contribution in [1.29, 1.82) is 0 Å². The molecule has 0 atom stereocenters. The summed E-state index contributed by atoms with van der Waals surface area (Å²) in [6.45, 7) is 6.30. The van der Waals surface area contributed by atoms with Crippen LogP contribution in [-0.2, 0) is 0 Å². The number of aryl methyl sites for hydroxylation is 1. The maximum Gasteiger partial charge on any atom is 0.222 e. The maximum absolute atomic E-state index is 5.63. The van der Waals surface area contributed by atoms with Crippen LogP contribution in [0.4, 0.5) is 11.8 Å². The van der Waals surface area contributed by atoms with Gasteiger partial charge in [-0.1, -0.05) is 13.8 Å². The van der Waals surface area contributed by atoms with Gasteiger partial charge in [-0.05, 0) is 19.8 Å². The van der Waals surface area contributed by atoms with E-state index in [1.54, 1.807) is 0 Å². The molecule has 15 heavy (non-hydrogen) atoms. The van der Waals surface area contributed by atoms with Crippen LogP contribution >= 0.6 is 0 Å². The summed E-state index contributed by atoms with van der Waals surface area (Å²) in [5.41, 5.74) is 6.54. The molecular weight excluding hydrogens is 188 g/mol. The van der Waals surface area contributed by atoms with Crippen LogP contribution < -0.4 is 10.6 Å². The summed E-state index contributed by atoms with van der Waals surface area (Å²) in [5, 5.41) is 0. The minimum Gasteiger partial charge on any atom is -0.368 e. The van der Waals surface area contributed by atoms with Crippen molar-refractivity contribution < 1.29 is 0 Å². The van der Waals surface area contributed by atoms with Crippen LogP contribution in [0.15, 0.2) is 6.07 Å². The number of aromatic nitrogens is 2. The summed E-state index contributed by atoms with van der Waals surface area (Å²) in [7, 11) is 2.05. The van der Waals surface area contributed by atoms with Crippen LogP contribution in [-0.4, -0.2) is 23.1 Å². The Bertz CT molecular complexity index is 300. The smallest absolute Gasteiger partial charge is 0.222 e. The van der Waals surface area contributed by atoms with E-state index in [0.717, 1.165) is 24.4 Å². The summed E-state index contributed by atoms with van der Waals surface area (Å²) < 4.78 is 0. The zero-order valence-corrected chi connectivity index (χ0v) is 9.99. The second-order valence-corrected chi connectivity index (χ2v) is 3.81. The lowest BCUT2D eigenvalue weighted by molar-refractivity contribution is 0.586. The molecule has 0 spiro atoms. The standard InChI is InChI=1S/C11H20N4/c1-5-9(6-2)15(4)10-7-8(3)13-11(12)14-10/h7,9H,5-6H2,1-4H3,(H2,12,13,14). The zero-order chi connectivity index (χ0) is 11.4. The van der Waals surface area contributed by atoms with Crippen LogP contribution in [0, 0.1) is 6.92 Å². The third-order valence-electron chi connectivity index (χ3n) is 2.71. The van der Waals surface area contributed by atoms with E-state index in [-0.39, 0.29) is 0 Å². The zero-order valence-electron chi connectivity index (χ0n) is 9.99. The average Bonchev–Trinajstić information content (AvgIpc) is 2.18. The van der Waals surface area contributed by atoms with Crippen LogP contribution in [0.1, 0.15) is 32.4 Å². The van der Waals surface area contributed by atoms with Crippen molar-refractivity contribution in [3.63, 3.8) is 0 Å². The van der Waals surface area contributed by atoms with Gasteiger partial charge in [0.2, 0.25) is 5.95 Å². The summed E-state index contributed by atoms with van der Waals surface area (Å²) >= 11 is 0. The fourth-order valence-electron chi connectivity index (χ4n) is 1.78. The molecule has 1 aromatic rings. The molecule has 1 aromatic heterocycles. The highest BCUT2D eigenvalue weighted by Gasteiger charge is 2.13. The molecule has 84 valence electrons. The first kappa shape index (κ1) is 11.8. The highest BCUT2D eigenvalue weighted by atomic mass is 15.2. The minimum absolute atomic E-state index is 0.350. The van der Waals surface area contributed by atoms with Crippen molar-refractivity contribution >= 4 is 11.8 Å². The van der Waals surface area contributed by atoms with Crippen molar-refractivity contribution in [3.8, 4) is 0 Å². The fraction of sp³-hybridized carbons (Fsp3) is 0.636. The molecule has 0 radical (unpaired) electrons. The number of nitrogens with zero attached hydrogens (tertiary/aromatic N) is 3. The van der Waals surface area contributed by atoms with Gasteiger partial charge in [0.05, 0.1) is 0 Å². The molecule has 0 aliphatic heterocycles. The number of hydrogen-bond donors (Lipinski definition) is 1. The summed E-state index contributed by atoms with van der Waals surface area (Å²) in [6, 6.07) is 2.48. The molecule has 1 rings (SSSR count). The van der Waals surface area contributed by atoms with E-state index in [1.807, 2.05) is 13.0 Å². The highest BCUT2D eigenvalue weighted by Crippen LogP contribution is 2.17. The summed E-state index contributed by atoms with van der Waals surface area (Å²) in [4.78, 5) is 10.5. The number of hydrogen-bond acceptors (Lipinski definition) is 4. The maximum atomic E-state index is 5.63. The van der Waals surface area contributed by atoms with Crippen LogP contribution in [0.3, 0.4) is 0 Å². The Morgan fingerprint density at radius 3 is 2.40 bits per heavy atom. The lowest BCUT2D eigenvalue weighted by Gasteiger charge is -2.27.